The smallest absolute Gasteiger partial charge is 0.421 e. The van der Waals surface area contributed by atoms with E-state index in [1.165, 1.54) is 7.11 Å². The van der Waals surface area contributed by atoms with Gasteiger partial charge >= 0.3 is 12.1 Å². The third-order valence-electron chi connectivity index (χ3n) is 6.22. The van der Waals surface area contributed by atoms with Gasteiger partial charge in [0.15, 0.2) is 0 Å². The second-order valence-corrected chi connectivity index (χ2v) is 9.33. The Kier molecular flexibility index (Phi) is 8.15. The molecular formula is C26H25ClF3N3O5. The van der Waals surface area contributed by atoms with Crippen molar-refractivity contribution in [3.63, 3.8) is 0 Å². The number of benzene rings is 2. The molecule has 12 heteroatoms. The van der Waals surface area contributed by atoms with Gasteiger partial charge in [0, 0.05) is 30.0 Å². The van der Waals surface area contributed by atoms with E-state index in [0.717, 1.165) is 10.7 Å². The lowest BCUT2D eigenvalue weighted by molar-refractivity contribution is -0.139. The van der Waals surface area contributed by atoms with Crippen LogP contribution in [0.4, 0.5) is 19.0 Å². The number of carboxylic acid groups (broad SMARTS) is 1. The first-order valence-corrected chi connectivity index (χ1v) is 12.1. The van der Waals surface area contributed by atoms with E-state index in [2.05, 4.69) is 5.10 Å². The highest BCUT2D eigenvalue weighted by Crippen LogP contribution is 2.33. The lowest BCUT2D eigenvalue weighted by Crippen LogP contribution is -2.37. The molecule has 2 heterocycles. The average Bonchev–Trinajstić information content (AvgIpc) is 3.26. The Hall–Kier alpha value is -3.73. The quantitative estimate of drug-likeness (QED) is 0.406. The number of hydrogen-bond donors (Lipinski definition) is 1. The second-order valence-electron chi connectivity index (χ2n) is 8.90. The molecule has 0 radical (unpaired) electrons. The predicted molar refractivity (Wildman–Crippen MR) is 134 cm³/mol. The molecule has 2 atom stereocenters. The van der Waals surface area contributed by atoms with Crippen LogP contribution in [0.25, 0.3) is 0 Å². The number of methoxy groups -OCH3 is 1. The topological polar surface area (TPSA) is 93.9 Å². The van der Waals surface area contributed by atoms with E-state index >= 15 is 0 Å². The minimum absolute atomic E-state index is 0.0852. The second kappa shape index (κ2) is 11.3. The minimum atomic E-state index is -4.91. The van der Waals surface area contributed by atoms with Crippen LogP contribution in [-0.2, 0) is 17.5 Å². The van der Waals surface area contributed by atoms with Crippen molar-refractivity contribution in [3.8, 4) is 11.5 Å². The van der Waals surface area contributed by atoms with E-state index in [1.807, 2.05) is 0 Å². The van der Waals surface area contributed by atoms with Crippen molar-refractivity contribution in [1.29, 1.82) is 0 Å². The number of aliphatic carboxylic acids is 1. The summed E-state index contributed by atoms with van der Waals surface area (Å²) < 4.78 is 53.6. The molecule has 0 aliphatic carbocycles. The molecule has 1 saturated heterocycles. The number of anilines is 1. The van der Waals surface area contributed by atoms with Crippen LogP contribution in [0, 0.1) is 0 Å². The fourth-order valence-electron chi connectivity index (χ4n) is 4.42. The Bertz CT molecular complexity index is 1350. The highest BCUT2D eigenvalue weighted by molar-refractivity contribution is 6.30. The molecule has 0 bridgehead atoms. The molecule has 38 heavy (non-hydrogen) atoms. The predicted octanol–water partition coefficient (Wildman–Crippen LogP) is 4.86. The summed E-state index contributed by atoms with van der Waals surface area (Å²) in [7, 11) is 1.49. The van der Waals surface area contributed by atoms with Gasteiger partial charge in [0.1, 0.15) is 29.0 Å². The fourth-order valence-corrected chi connectivity index (χ4v) is 4.60. The molecule has 3 aromatic rings. The molecule has 0 unspecified atom stereocenters. The van der Waals surface area contributed by atoms with Crippen LogP contribution in [0.5, 0.6) is 11.5 Å². The van der Waals surface area contributed by atoms with Crippen molar-refractivity contribution < 1.29 is 32.5 Å². The zero-order valence-corrected chi connectivity index (χ0v) is 21.1. The molecular weight excluding hydrogens is 527 g/mol. The number of hydrogen-bond acceptors (Lipinski definition) is 6. The van der Waals surface area contributed by atoms with Gasteiger partial charge in [0.05, 0.1) is 20.2 Å². The van der Waals surface area contributed by atoms with Gasteiger partial charge in [0.25, 0.3) is 5.56 Å². The Morgan fingerprint density at radius 3 is 2.53 bits per heavy atom. The van der Waals surface area contributed by atoms with E-state index in [4.69, 9.17) is 21.1 Å². The summed E-state index contributed by atoms with van der Waals surface area (Å²) in [5.74, 6) is -0.0757. The summed E-state index contributed by atoms with van der Waals surface area (Å²) in [6, 6.07) is 13.5. The zero-order valence-electron chi connectivity index (χ0n) is 20.3. The van der Waals surface area contributed by atoms with Crippen molar-refractivity contribution >= 4 is 23.4 Å². The number of halogens is 4. The molecule has 4 rings (SSSR count). The van der Waals surface area contributed by atoms with Gasteiger partial charge in [-0.05, 0) is 42.3 Å². The number of alkyl halides is 3. The summed E-state index contributed by atoms with van der Waals surface area (Å²) in [5, 5.41) is 13.9. The normalized spacial score (nSPS) is 17.4. The van der Waals surface area contributed by atoms with Gasteiger partial charge in [-0.1, -0.05) is 29.8 Å². The summed E-state index contributed by atoms with van der Waals surface area (Å²) in [4.78, 5) is 25.6. The first-order valence-electron chi connectivity index (χ1n) is 11.8. The van der Waals surface area contributed by atoms with Crippen LogP contribution < -0.4 is 19.9 Å². The number of ether oxygens (including phenoxy) is 2. The monoisotopic (exact) mass is 551 g/mol. The molecule has 0 amide bonds. The third-order valence-corrected chi connectivity index (χ3v) is 6.45. The molecule has 1 aliphatic rings. The van der Waals surface area contributed by atoms with Gasteiger partial charge in [-0.15, -0.1) is 0 Å². The standard InChI is InChI=1S/C26H25ClF3N3O5/c1-37-19-8-5-16(6-9-19)14-33-25(36)22(26(28,29)30)13-23(31-33)32-15-21(12-18(32)7-10-24(34)35)38-20-4-2-3-17(27)11-20/h2-6,8-9,11,13,18,21H,7,10,12,14-15H2,1H3,(H,34,35)/t18-,21-/m1/s1. The Morgan fingerprint density at radius 1 is 1.16 bits per heavy atom. The number of nitrogens with zero attached hydrogens (tertiary/aromatic N) is 3. The lowest BCUT2D eigenvalue weighted by atomic mass is 10.1. The highest BCUT2D eigenvalue weighted by atomic mass is 35.5. The maximum Gasteiger partial charge on any atom is 0.421 e. The molecule has 0 spiro atoms. The number of aromatic nitrogens is 2. The average molecular weight is 552 g/mol. The highest BCUT2D eigenvalue weighted by Gasteiger charge is 2.39. The molecule has 1 N–H and O–H groups in total. The van der Waals surface area contributed by atoms with E-state index in [9.17, 15) is 27.9 Å². The maximum absolute atomic E-state index is 13.9. The first-order chi connectivity index (χ1) is 18.0. The van der Waals surface area contributed by atoms with Crippen LogP contribution in [0.15, 0.2) is 59.4 Å². The number of rotatable bonds is 9. The lowest BCUT2D eigenvalue weighted by Gasteiger charge is -2.26. The Morgan fingerprint density at radius 2 is 1.89 bits per heavy atom. The van der Waals surface area contributed by atoms with Crippen LogP contribution >= 0.6 is 11.6 Å². The summed E-state index contributed by atoms with van der Waals surface area (Å²) >= 11 is 6.03. The zero-order chi connectivity index (χ0) is 27.4. The molecule has 2 aromatic carbocycles. The number of carbonyl (C=O) groups is 1. The van der Waals surface area contributed by atoms with E-state index in [0.29, 0.717) is 28.5 Å². The van der Waals surface area contributed by atoms with Crippen molar-refractivity contribution in [2.24, 2.45) is 0 Å². The van der Waals surface area contributed by atoms with Crippen LogP contribution in [0.1, 0.15) is 30.4 Å². The largest absolute Gasteiger partial charge is 0.497 e. The summed E-state index contributed by atoms with van der Waals surface area (Å²) in [6.45, 7) is -0.0579. The summed E-state index contributed by atoms with van der Waals surface area (Å²) in [5.41, 5.74) is -2.08. The molecule has 8 nitrogen and oxygen atoms in total. The SMILES string of the molecule is COc1ccc(Cn2nc(N3C[C@H](Oc4cccc(Cl)c4)C[C@H]3CCC(=O)O)cc(C(F)(F)F)c2=O)cc1. The van der Waals surface area contributed by atoms with Gasteiger partial charge in [0.2, 0.25) is 0 Å². The Balaban J connectivity index is 1.69. The summed E-state index contributed by atoms with van der Waals surface area (Å²) in [6.07, 6.45) is -5.07. The third kappa shape index (κ3) is 6.58. The van der Waals surface area contributed by atoms with E-state index in [-0.39, 0.29) is 31.7 Å². The van der Waals surface area contributed by atoms with Crippen molar-refractivity contribution in [2.45, 2.75) is 44.1 Å². The number of carboxylic acids is 1. The van der Waals surface area contributed by atoms with Crippen molar-refractivity contribution in [2.75, 3.05) is 18.6 Å². The molecule has 202 valence electrons. The molecule has 1 fully saturated rings. The molecule has 0 saturated carbocycles. The minimum Gasteiger partial charge on any atom is -0.497 e. The van der Waals surface area contributed by atoms with Crippen LogP contribution in [-0.4, -0.2) is 46.7 Å². The van der Waals surface area contributed by atoms with Gasteiger partial charge < -0.3 is 19.5 Å². The van der Waals surface area contributed by atoms with Crippen molar-refractivity contribution in [3.05, 3.63) is 81.1 Å². The molecule has 1 aromatic heterocycles. The van der Waals surface area contributed by atoms with Crippen LogP contribution in [0.2, 0.25) is 5.02 Å². The van der Waals surface area contributed by atoms with Crippen LogP contribution in [0.3, 0.4) is 0 Å². The Labute approximate surface area is 221 Å². The molecule has 1 aliphatic heterocycles. The van der Waals surface area contributed by atoms with Gasteiger partial charge in [-0.2, -0.15) is 18.3 Å². The van der Waals surface area contributed by atoms with Gasteiger partial charge in [-0.3, -0.25) is 9.59 Å². The van der Waals surface area contributed by atoms with Crippen molar-refractivity contribution in [1.82, 2.24) is 9.78 Å². The van der Waals surface area contributed by atoms with E-state index in [1.54, 1.807) is 53.4 Å². The fraction of sp³-hybridized carbons (Fsp3) is 0.346. The van der Waals surface area contributed by atoms with E-state index < -0.39 is 35.4 Å². The first kappa shape index (κ1) is 27.3. The van der Waals surface area contributed by atoms with Gasteiger partial charge in [-0.25, -0.2) is 4.68 Å². The maximum atomic E-state index is 13.9.